The summed E-state index contributed by atoms with van der Waals surface area (Å²) >= 11 is 6.06. The standard InChI is InChI=1S/C29H27ClN6O.H4N2/c1-4-25-35-27-17(2)13-18(3)34-29(27)36(25)16-19-5-7-20(8-6-19)24-15-22(9-10-23(24)28(31)32)37-26-14-21(30)11-12-33-26;1-2/h5-15H,4,16H2,1-3H3,(H3,31,32);1-2H2. The molecule has 7 N–H and O–H groups in total. The average Bonchev–Trinajstić information content (AvgIpc) is 3.27. The fourth-order valence-corrected chi connectivity index (χ4v) is 4.63. The molecule has 0 saturated heterocycles. The highest BCUT2D eigenvalue weighted by molar-refractivity contribution is 6.30. The van der Waals surface area contributed by atoms with Gasteiger partial charge in [-0.15, -0.1) is 0 Å². The Hall–Kier alpha value is -4.31. The molecule has 0 atom stereocenters. The molecular weight excluding hydrogens is 512 g/mol. The third-order valence-corrected chi connectivity index (χ3v) is 6.46. The van der Waals surface area contributed by atoms with Crippen LogP contribution in [0.4, 0.5) is 0 Å². The van der Waals surface area contributed by atoms with E-state index in [0.717, 1.165) is 51.4 Å². The number of nitrogens with zero attached hydrogens (tertiary/aromatic N) is 4. The van der Waals surface area contributed by atoms with Crippen molar-refractivity contribution < 1.29 is 4.74 Å². The van der Waals surface area contributed by atoms with E-state index in [9.17, 15) is 0 Å². The van der Waals surface area contributed by atoms with Crippen molar-refractivity contribution in [2.75, 3.05) is 0 Å². The number of halogens is 1. The summed E-state index contributed by atoms with van der Waals surface area (Å²) in [6, 6.07) is 19.1. The predicted molar refractivity (Wildman–Crippen MR) is 156 cm³/mol. The Morgan fingerprint density at radius 3 is 2.41 bits per heavy atom. The van der Waals surface area contributed by atoms with E-state index in [1.807, 2.05) is 25.1 Å². The zero-order valence-electron chi connectivity index (χ0n) is 22.1. The lowest BCUT2D eigenvalue weighted by Gasteiger charge is -2.13. The van der Waals surface area contributed by atoms with Gasteiger partial charge in [0.05, 0.1) is 6.54 Å². The molecule has 0 amide bonds. The molecule has 0 aliphatic rings. The van der Waals surface area contributed by atoms with Crippen LogP contribution in [0, 0.1) is 19.3 Å². The fraction of sp³-hybridized carbons (Fsp3) is 0.172. The summed E-state index contributed by atoms with van der Waals surface area (Å²) in [6.07, 6.45) is 2.41. The lowest BCUT2D eigenvalue weighted by molar-refractivity contribution is 0.463. The number of hydrogen-bond donors (Lipinski definition) is 4. The van der Waals surface area contributed by atoms with Gasteiger partial charge in [0.25, 0.3) is 0 Å². The third-order valence-electron chi connectivity index (χ3n) is 6.22. The molecule has 10 heteroatoms. The van der Waals surface area contributed by atoms with Crippen LogP contribution in [0.15, 0.2) is 66.9 Å². The van der Waals surface area contributed by atoms with E-state index in [-0.39, 0.29) is 5.84 Å². The highest BCUT2D eigenvalue weighted by Gasteiger charge is 2.15. The minimum Gasteiger partial charge on any atom is -0.439 e. The van der Waals surface area contributed by atoms with E-state index in [4.69, 9.17) is 37.4 Å². The van der Waals surface area contributed by atoms with Crippen LogP contribution in [0.3, 0.4) is 0 Å². The van der Waals surface area contributed by atoms with Crippen LogP contribution in [0.5, 0.6) is 11.6 Å². The highest BCUT2D eigenvalue weighted by atomic mass is 35.5. The number of amidine groups is 1. The number of nitrogens with one attached hydrogen (secondary N) is 1. The van der Waals surface area contributed by atoms with Crippen LogP contribution in [-0.2, 0) is 13.0 Å². The van der Waals surface area contributed by atoms with Crippen molar-refractivity contribution in [2.45, 2.75) is 33.7 Å². The second-order valence-electron chi connectivity index (χ2n) is 8.95. The second-order valence-corrected chi connectivity index (χ2v) is 9.39. The number of aromatic nitrogens is 4. The van der Waals surface area contributed by atoms with Gasteiger partial charge in [-0.3, -0.25) is 17.1 Å². The first-order valence-corrected chi connectivity index (χ1v) is 12.7. The Morgan fingerprint density at radius 2 is 1.74 bits per heavy atom. The van der Waals surface area contributed by atoms with Gasteiger partial charge in [0, 0.05) is 35.0 Å². The Labute approximate surface area is 232 Å². The van der Waals surface area contributed by atoms with Crippen molar-refractivity contribution in [3.8, 4) is 22.8 Å². The number of nitrogen functional groups attached to an aromatic ring is 1. The summed E-state index contributed by atoms with van der Waals surface area (Å²) < 4.78 is 8.10. The Bertz CT molecular complexity index is 1630. The van der Waals surface area contributed by atoms with Gasteiger partial charge in [0.15, 0.2) is 5.65 Å². The van der Waals surface area contributed by atoms with Gasteiger partial charge in [0.1, 0.15) is 22.9 Å². The summed E-state index contributed by atoms with van der Waals surface area (Å²) in [5.41, 5.74) is 13.4. The highest BCUT2D eigenvalue weighted by Crippen LogP contribution is 2.31. The van der Waals surface area contributed by atoms with Crippen molar-refractivity contribution in [3.05, 3.63) is 100 Å². The molecule has 0 spiro atoms. The minimum absolute atomic E-state index is 0.0132. The van der Waals surface area contributed by atoms with Gasteiger partial charge in [-0.1, -0.05) is 42.8 Å². The maximum Gasteiger partial charge on any atom is 0.220 e. The quantitative estimate of drug-likeness (QED) is 0.0944. The topological polar surface area (TPSA) is 155 Å². The first-order chi connectivity index (χ1) is 18.8. The molecule has 9 nitrogen and oxygen atoms in total. The summed E-state index contributed by atoms with van der Waals surface area (Å²) in [4.78, 5) is 13.8. The lowest BCUT2D eigenvalue weighted by Crippen LogP contribution is -2.12. The average molecular weight is 543 g/mol. The first-order valence-electron chi connectivity index (χ1n) is 12.4. The smallest absolute Gasteiger partial charge is 0.220 e. The second kappa shape index (κ2) is 12.0. The van der Waals surface area contributed by atoms with Crippen molar-refractivity contribution in [3.63, 3.8) is 0 Å². The zero-order chi connectivity index (χ0) is 28.1. The van der Waals surface area contributed by atoms with Crippen molar-refractivity contribution in [2.24, 2.45) is 17.4 Å². The van der Waals surface area contributed by atoms with E-state index in [0.29, 0.717) is 28.8 Å². The molecule has 2 aromatic carbocycles. The van der Waals surface area contributed by atoms with Crippen molar-refractivity contribution in [1.29, 1.82) is 5.41 Å². The molecule has 0 radical (unpaired) electrons. The normalized spacial score (nSPS) is 10.7. The van der Waals surface area contributed by atoms with Crippen LogP contribution in [0.2, 0.25) is 5.02 Å². The molecule has 3 heterocycles. The van der Waals surface area contributed by atoms with E-state index >= 15 is 0 Å². The lowest BCUT2D eigenvalue weighted by atomic mass is 9.97. The van der Waals surface area contributed by atoms with Gasteiger partial charge in [-0.25, -0.2) is 15.0 Å². The molecular formula is C29H31ClN8O. The number of rotatable bonds is 7. The van der Waals surface area contributed by atoms with Crippen molar-refractivity contribution in [1.82, 2.24) is 19.5 Å². The van der Waals surface area contributed by atoms with Crippen LogP contribution in [-0.4, -0.2) is 25.4 Å². The van der Waals surface area contributed by atoms with E-state index in [2.05, 4.69) is 53.3 Å². The largest absolute Gasteiger partial charge is 0.439 e. The molecule has 200 valence electrons. The summed E-state index contributed by atoms with van der Waals surface area (Å²) in [6.45, 7) is 6.87. The summed E-state index contributed by atoms with van der Waals surface area (Å²) in [5.74, 6) is 9.97. The number of hydrogen-bond acceptors (Lipinski definition) is 7. The Kier molecular flexibility index (Phi) is 8.55. The van der Waals surface area contributed by atoms with Gasteiger partial charge in [-0.05, 0) is 66.4 Å². The van der Waals surface area contributed by atoms with E-state index < -0.39 is 0 Å². The number of ether oxygens (including phenoxy) is 1. The number of hydrazine groups is 1. The Balaban J connectivity index is 0.00000172. The number of imidazole rings is 1. The number of fused-ring (bicyclic) bond motifs is 1. The van der Waals surface area contributed by atoms with Gasteiger partial charge < -0.3 is 15.0 Å². The first kappa shape index (κ1) is 27.7. The molecule has 39 heavy (non-hydrogen) atoms. The molecule has 3 aromatic heterocycles. The molecule has 0 bridgehead atoms. The maximum atomic E-state index is 8.06. The third kappa shape index (κ3) is 6.06. The van der Waals surface area contributed by atoms with E-state index in [1.165, 1.54) is 0 Å². The maximum absolute atomic E-state index is 8.06. The van der Waals surface area contributed by atoms with E-state index in [1.54, 1.807) is 30.5 Å². The summed E-state index contributed by atoms with van der Waals surface area (Å²) in [7, 11) is 0. The molecule has 0 fully saturated rings. The number of nitrogens with two attached hydrogens (primary N) is 3. The molecule has 5 rings (SSSR count). The zero-order valence-corrected chi connectivity index (χ0v) is 22.8. The number of pyridine rings is 2. The minimum atomic E-state index is -0.0132. The molecule has 0 aliphatic heterocycles. The van der Waals surface area contributed by atoms with Crippen LogP contribution < -0.4 is 22.2 Å². The predicted octanol–water partition coefficient (Wildman–Crippen LogP) is 5.27. The van der Waals surface area contributed by atoms with Gasteiger partial charge >= 0.3 is 0 Å². The van der Waals surface area contributed by atoms with Crippen molar-refractivity contribution >= 4 is 28.6 Å². The van der Waals surface area contributed by atoms with Gasteiger partial charge in [0.2, 0.25) is 5.88 Å². The number of benzene rings is 2. The van der Waals surface area contributed by atoms with Crippen LogP contribution >= 0.6 is 11.6 Å². The SMILES string of the molecule is CCc1nc2c(C)cc(C)nc2n1Cc1ccc(-c2cc(Oc3cc(Cl)ccn3)ccc2C(=N)N)cc1.NN. The van der Waals surface area contributed by atoms with Gasteiger partial charge in [-0.2, -0.15) is 0 Å². The van der Waals surface area contributed by atoms with Crippen LogP contribution in [0.1, 0.15) is 35.1 Å². The molecule has 0 aliphatic carbocycles. The molecule has 0 saturated carbocycles. The van der Waals surface area contributed by atoms with Crippen LogP contribution in [0.25, 0.3) is 22.3 Å². The summed E-state index contributed by atoms with van der Waals surface area (Å²) in [5, 5.41) is 8.60. The number of aryl methyl sites for hydroxylation is 3. The Morgan fingerprint density at radius 1 is 1.00 bits per heavy atom. The molecule has 0 unspecified atom stereocenters. The fourth-order valence-electron chi connectivity index (χ4n) is 4.48. The monoisotopic (exact) mass is 542 g/mol. The molecule has 5 aromatic rings.